The normalized spacial score (nSPS) is 15.8. The minimum absolute atomic E-state index is 0.146. The van der Waals surface area contributed by atoms with Crippen molar-refractivity contribution in [2.75, 3.05) is 13.7 Å². The maximum atomic E-state index is 12.4. The summed E-state index contributed by atoms with van der Waals surface area (Å²) in [6.07, 6.45) is 5.82. The fourth-order valence-corrected chi connectivity index (χ4v) is 3.50. The highest BCUT2D eigenvalue weighted by Gasteiger charge is 2.37. The molecule has 0 heterocycles. The van der Waals surface area contributed by atoms with E-state index in [1.807, 2.05) is 0 Å². The summed E-state index contributed by atoms with van der Waals surface area (Å²) in [6, 6.07) is 8.47. The van der Waals surface area contributed by atoms with Crippen molar-refractivity contribution in [3.8, 4) is 0 Å². The Balaban J connectivity index is 1.96. The van der Waals surface area contributed by atoms with Crippen molar-refractivity contribution in [2.45, 2.75) is 58.0 Å². The summed E-state index contributed by atoms with van der Waals surface area (Å²) in [5.74, 6) is 0.337. The summed E-state index contributed by atoms with van der Waals surface area (Å²) in [5.41, 5.74) is 2.41. The van der Waals surface area contributed by atoms with Crippen LogP contribution in [0.2, 0.25) is 0 Å². The van der Waals surface area contributed by atoms with Crippen LogP contribution in [0.5, 0.6) is 0 Å². The molecular weight excluding hydrogens is 274 g/mol. The number of carbonyl (C=O) groups is 1. The van der Waals surface area contributed by atoms with E-state index in [2.05, 4.69) is 43.4 Å². The van der Waals surface area contributed by atoms with E-state index in [-0.39, 0.29) is 17.4 Å². The monoisotopic (exact) mass is 303 g/mol. The van der Waals surface area contributed by atoms with Crippen LogP contribution in [0.4, 0.5) is 0 Å². The lowest BCUT2D eigenvalue weighted by atomic mass is 9.95. The van der Waals surface area contributed by atoms with Gasteiger partial charge in [0.1, 0.15) is 0 Å². The molecule has 1 aromatic carbocycles. The van der Waals surface area contributed by atoms with Crippen molar-refractivity contribution in [3.63, 3.8) is 0 Å². The van der Waals surface area contributed by atoms with E-state index in [9.17, 15) is 4.79 Å². The molecule has 1 N–H and O–H groups in total. The molecule has 0 unspecified atom stereocenters. The maximum absolute atomic E-state index is 12.4. The first kappa shape index (κ1) is 17.0. The Labute approximate surface area is 134 Å². The van der Waals surface area contributed by atoms with Crippen LogP contribution in [-0.2, 0) is 22.4 Å². The van der Waals surface area contributed by atoms with Gasteiger partial charge in [0.25, 0.3) is 0 Å². The summed E-state index contributed by atoms with van der Waals surface area (Å²) < 4.78 is 5.82. The van der Waals surface area contributed by atoms with Crippen LogP contribution < -0.4 is 5.32 Å². The molecule has 0 spiro atoms. The molecule has 3 heteroatoms. The Morgan fingerprint density at radius 2 is 1.73 bits per heavy atom. The lowest BCUT2D eigenvalue weighted by molar-refractivity contribution is -0.127. The Kier molecular flexibility index (Phi) is 6.01. The van der Waals surface area contributed by atoms with E-state index >= 15 is 0 Å². The number of amides is 1. The van der Waals surface area contributed by atoms with E-state index in [0.717, 1.165) is 38.5 Å². The quantitative estimate of drug-likeness (QED) is 0.798. The van der Waals surface area contributed by atoms with Crippen LogP contribution in [0.1, 0.15) is 50.7 Å². The molecule has 0 fully saturated rings. The molecule has 0 bridgehead atoms. The van der Waals surface area contributed by atoms with Crippen molar-refractivity contribution in [3.05, 3.63) is 35.4 Å². The minimum Gasteiger partial charge on any atom is -0.376 e. The molecule has 122 valence electrons. The van der Waals surface area contributed by atoms with E-state index in [1.54, 1.807) is 7.11 Å². The fraction of sp³-hybridized carbons (Fsp3) is 0.632. The number of hydrogen-bond donors (Lipinski definition) is 1. The summed E-state index contributed by atoms with van der Waals surface area (Å²) in [6.45, 7) is 4.88. The molecule has 22 heavy (non-hydrogen) atoms. The van der Waals surface area contributed by atoms with Gasteiger partial charge in [0.2, 0.25) is 5.91 Å². The molecule has 0 radical (unpaired) electrons. The van der Waals surface area contributed by atoms with Crippen LogP contribution in [-0.4, -0.2) is 25.2 Å². The summed E-state index contributed by atoms with van der Waals surface area (Å²) in [5, 5.41) is 3.16. The van der Waals surface area contributed by atoms with Crippen LogP contribution in [0.15, 0.2) is 24.3 Å². The van der Waals surface area contributed by atoms with Gasteiger partial charge in [-0.3, -0.25) is 4.79 Å². The zero-order valence-corrected chi connectivity index (χ0v) is 14.2. The summed E-state index contributed by atoms with van der Waals surface area (Å²) in [4.78, 5) is 12.4. The summed E-state index contributed by atoms with van der Waals surface area (Å²) in [7, 11) is 1.76. The van der Waals surface area contributed by atoms with Gasteiger partial charge in [-0.1, -0.05) is 51.0 Å². The first-order valence-electron chi connectivity index (χ1n) is 8.53. The van der Waals surface area contributed by atoms with Gasteiger partial charge in [-0.05, 0) is 24.0 Å². The van der Waals surface area contributed by atoms with Gasteiger partial charge >= 0.3 is 0 Å². The van der Waals surface area contributed by atoms with E-state index in [4.69, 9.17) is 4.74 Å². The van der Waals surface area contributed by atoms with Crippen molar-refractivity contribution in [2.24, 2.45) is 5.92 Å². The third-order valence-electron chi connectivity index (χ3n) is 4.81. The molecule has 1 aromatic rings. The van der Waals surface area contributed by atoms with E-state index in [1.165, 1.54) is 11.1 Å². The van der Waals surface area contributed by atoms with Gasteiger partial charge in [-0.25, -0.2) is 0 Å². The topological polar surface area (TPSA) is 38.3 Å². The Morgan fingerprint density at radius 3 is 2.18 bits per heavy atom. The lowest BCUT2D eigenvalue weighted by Crippen LogP contribution is -2.46. The third kappa shape index (κ3) is 3.89. The molecule has 2 rings (SSSR count). The number of hydrogen-bond acceptors (Lipinski definition) is 2. The number of benzene rings is 1. The second-order valence-electron chi connectivity index (χ2n) is 6.50. The highest BCUT2D eigenvalue weighted by Crippen LogP contribution is 2.32. The van der Waals surface area contributed by atoms with Crippen LogP contribution in [0.25, 0.3) is 0 Å². The Hall–Kier alpha value is -1.35. The number of ether oxygens (including phenoxy) is 1. The first-order chi connectivity index (χ1) is 10.6. The first-order valence-corrected chi connectivity index (χ1v) is 8.53. The number of nitrogens with one attached hydrogen (secondary N) is 1. The maximum Gasteiger partial charge on any atom is 0.223 e. The minimum atomic E-state index is -0.275. The number of carbonyl (C=O) groups excluding carboxylic acids is 1. The highest BCUT2D eigenvalue weighted by atomic mass is 16.5. The molecule has 1 aliphatic carbocycles. The van der Waals surface area contributed by atoms with Gasteiger partial charge < -0.3 is 10.1 Å². The standard InChI is InChI=1S/C19H29NO2/c1-4-8-15(9-5-2)18(21)20-14-19(22-3)12-16-10-6-7-11-17(16)13-19/h6-7,10-11,15H,4-5,8-9,12-14H2,1-3H3,(H,20,21). The third-order valence-corrected chi connectivity index (χ3v) is 4.81. The molecule has 0 aliphatic heterocycles. The molecular formula is C19H29NO2. The van der Waals surface area contributed by atoms with E-state index in [0.29, 0.717) is 6.54 Å². The zero-order chi connectivity index (χ0) is 16.0. The fourth-order valence-electron chi connectivity index (χ4n) is 3.50. The predicted octanol–water partition coefficient (Wildman–Crippen LogP) is 3.50. The Morgan fingerprint density at radius 1 is 1.18 bits per heavy atom. The number of rotatable bonds is 8. The van der Waals surface area contributed by atoms with Gasteiger partial charge in [-0.2, -0.15) is 0 Å². The molecule has 1 aliphatic rings. The van der Waals surface area contributed by atoms with Crippen molar-refractivity contribution in [1.82, 2.24) is 5.32 Å². The molecule has 3 nitrogen and oxygen atoms in total. The smallest absolute Gasteiger partial charge is 0.223 e. The van der Waals surface area contributed by atoms with Gasteiger partial charge in [0.15, 0.2) is 0 Å². The van der Waals surface area contributed by atoms with Gasteiger partial charge in [0, 0.05) is 32.4 Å². The molecule has 0 saturated carbocycles. The second-order valence-corrected chi connectivity index (χ2v) is 6.50. The van der Waals surface area contributed by atoms with E-state index < -0.39 is 0 Å². The molecule has 0 saturated heterocycles. The van der Waals surface area contributed by atoms with Crippen LogP contribution in [0.3, 0.4) is 0 Å². The second kappa shape index (κ2) is 7.77. The van der Waals surface area contributed by atoms with Gasteiger partial charge in [-0.15, -0.1) is 0 Å². The highest BCUT2D eigenvalue weighted by molar-refractivity contribution is 5.78. The molecule has 1 amide bonds. The SMILES string of the molecule is CCCC(CCC)C(=O)NCC1(OC)Cc2ccccc2C1. The van der Waals surface area contributed by atoms with Gasteiger partial charge in [0.05, 0.1) is 5.60 Å². The van der Waals surface area contributed by atoms with Crippen molar-refractivity contribution < 1.29 is 9.53 Å². The van der Waals surface area contributed by atoms with Crippen LogP contribution in [0, 0.1) is 5.92 Å². The van der Waals surface area contributed by atoms with Crippen molar-refractivity contribution in [1.29, 1.82) is 0 Å². The van der Waals surface area contributed by atoms with Crippen molar-refractivity contribution >= 4 is 5.91 Å². The summed E-state index contributed by atoms with van der Waals surface area (Å²) >= 11 is 0. The van der Waals surface area contributed by atoms with Crippen LogP contribution >= 0.6 is 0 Å². The predicted molar refractivity (Wildman–Crippen MR) is 89.9 cm³/mol. The lowest BCUT2D eigenvalue weighted by Gasteiger charge is -2.28. The number of methoxy groups -OCH3 is 1. The largest absolute Gasteiger partial charge is 0.376 e. The number of fused-ring (bicyclic) bond motifs is 1. The average molecular weight is 303 g/mol. The zero-order valence-electron chi connectivity index (χ0n) is 14.2. The molecule has 0 atom stereocenters. The Bertz CT molecular complexity index is 467. The molecule has 0 aromatic heterocycles. The average Bonchev–Trinajstić information content (AvgIpc) is 2.91.